The van der Waals surface area contributed by atoms with Crippen molar-refractivity contribution in [2.75, 3.05) is 11.9 Å². The molecule has 2 N–H and O–H groups in total. The van der Waals surface area contributed by atoms with E-state index in [-0.39, 0.29) is 5.56 Å². The summed E-state index contributed by atoms with van der Waals surface area (Å²) in [5.41, 5.74) is 4.91. The molecule has 3 rings (SSSR count). The van der Waals surface area contributed by atoms with E-state index in [0.717, 1.165) is 27.9 Å². The van der Waals surface area contributed by atoms with Crippen molar-refractivity contribution in [1.82, 2.24) is 4.98 Å². The quantitative estimate of drug-likeness (QED) is 0.742. The molecule has 0 fully saturated rings. The second kappa shape index (κ2) is 6.79. The van der Waals surface area contributed by atoms with Gasteiger partial charge in [0.2, 0.25) is 0 Å². The normalized spacial score (nSPS) is 10.8. The molecule has 0 saturated carbocycles. The number of ether oxygens (including phenoxy) is 1. The van der Waals surface area contributed by atoms with Crippen LogP contribution in [0.3, 0.4) is 0 Å². The number of hydrogen-bond acceptors (Lipinski definition) is 3. The third kappa shape index (κ3) is 3.43. The number of anilines is 1. The van der Waals surface area contributed by atoms with Crippen LogP contribution in [0.1, 0.15) is 23.6 Å². The number of H-pyrrole nitrogens is 1. The fourth-order valence-electron chi connectivity index (χ4n) is 2.69. The first-order valence-electron chi connectivity index (χ1n) is 8.16. The maximum atomic E-state index is 12.3. The molecule has 0 bridgehead atoms. The van der Waals surface area contributed by atoms with Gasteiger partial charge in [-0.15, -0.1) is 0 Å². The number of benzene rings is 2. The Labute approximate surface area is 141 Å². The zero-order valence-electron chi connectivity index (χ0n) is 14.3. The molecule has 124 valence electrons. The van der Waals surface area contributed by atoms with Crippen LogP contribution < -0.4 is 15.6 Å². The SMILES string of the molecule is CCOc1ccc(NCc2cc3cc(C)c(C)cc3[nH]c2=O)cc1. The topological polar surface area (TPSA) is 54.1 Å². The summed E-state index contributed by atoms with van der Waals surface area (Å²) in [5, 5.41) is 4.34. The largest absolute Gasteiger partial charge is 0.494 e. The number of rotatable bonds is 5. The number of aromatic amines is 1. The molecule has 0 atom stereocenters. The standard InChI is InChI=1S/C20H22N2O2/c1-4-24-18-7-5-17(6-8-18)21-12-16-11-15-9-13(2)14(3)10-19(15)22-20(16)23/h5-11,21H,4,12H2,1-3H3,(H,22,23). The zero-order chi connectivity index (χ0) is 17.1. The van der Waals surface area contributed by atoms with Crippen LogP contribution in [0.25, 0.3) is 10.9 Å². The van der Waals surface area contributed by atoms with E-state index in [9.17, 15) is 4.79 Å². The van der Waals surface area contributed by atoms with Crippen LogP contribution in [0.5, 0.6) is 5.75 Å². The molecule has 1 aromatic heterocycles. The van der Waals surface area contributed by atoms with E-state index in [2.05, 4.69) is 30.2 Å². The van der Waals surface area contributed by atoms with Crippen LogP contribution >= 0.6 is 0 Å². The summed E-state index contributed by atoms with van der Waals surface area (Å²) in [5.74, 6) is 0.845. The van der Waals surface area contributed by atoms with Crippen molar-refractivity contribution in [3.8, 4) is 5.75 Å². The molecule has 3 aromatic rings. The van der Waals surface area contributed by atoms with Crippen molar-refractivity contribution >= 4 is 16.6 Å². The van der Waals surface area contributed by atoms with E-state index < -0.39 is 0 Å². The average molecular weight is 322 g/mol. The number of nitrogens with one attached hydrogen (secondary N) is 2. The first kappa shape index (κ1) is 16.1. The molecule has 1 heterocycles. The third-order valence-corrected chi connectivity index (χ3v) is 4.18. The average Bonchev–Trinajstić information content (AvgIpc) is 2.56. The van der Waals surface area contributed by atoms with Gasteiger partial charge in [0.15, 0.2) is 0 Å². The summed E-state index contributed by atoms with van der Waals surface area (Å²) < 4.78 is 5.43. The predicted molar refractivity (Wildman–Crippen MR) is 99.0 cm³/mol. The number of fused-ring (bicyclic) bond motifs is 1. The van der Waals surface area contributed by atoms with Crippen molar-refractivity contribution < 1.29 is 4.74 Å². The molecule has 0 radical (unpaired) electrons. The molecule has 0 spiro atoms. The Kier molecular flexibility index (Phi) is 4.56. The van der Waals surface area contributed by atoms with Gasteiger partial charge in [-0.3, -0.25) is 4.79 Å². The molecule has 0 saturated heterocycles. The summed E-state index contributed by atoms with van der Waals surface area (Å²) in [6.45, 7) is 7.22. The molecule has 0 aliphatic rings. The second-order valence-corrected chi connectivity index (χ2v) is 5.96. The fourth-order valence-corrected chi connectivity index (χ4v) is 2.69. The monoisotopic (exact) mass is 322 g/mol. The van der Waals surface area contributed by atoms with Crippen LogP contribution in [0.2, 0.25) is 0 Å². The molecule has 4 nitrogen and oxygen atoms in total. The summed E-state index contributed by atoms with van der Waals surface area (Å²) >= 11 is 0. The van der Waals surface area contributed by atoms with Gasteiger partial charge in [-0.1, -0.05) is 0 Å². The lowest BCUT2D eigenvalue weighted by Gasteiger charge is -2.09. The van der Waals surface area contributed by atoms with Gasteiger partial charge in [-0.25, -0.2) is 0 Å². The second-order valence-electron chi connectivity index (χ2n) is 5.96. The van der Waals surface area contributed by atoms with Crippen molar-refractivity contribution in [3.05, 3.63) is 69.5 Å². The van der Waals surface area contributed by atoms with Crippen LogP contribution in [-0.2, 0) is 6.54 Å². The Morgan fingerprint density at radius 1 is 1.04 bits per heavy atom. The van der Waals surface area contributed by atoms with Crippen molar-refractivity contribution in [2.45, 2.75) is 27.3 Å². The maximum Gasteiger partial charge on any atom is 0.253 e. The maximum absolute atomic E-state index is 12.3. The lowest BCUT2D eigenvalue weighted by molar-refractivity contribution is 0.340. The molecule has 0 aliphatic heterocycles. The Morgan fingerprint density at radius 2 is 1.75 bits per heavy atom. The van der Waals surface area contributed by atoms with Gasteiger partial charge >= 0.3 is 0 Å². The lowest BCUT2D eigenvalue weighted by atomic mass is 10.0. The van der Waals surface area contributed by atoms with E-state index in [4.69, 9.17) is 4.74 Å². The lowest BCUT2D eigenvalue weighted by Crippen LogP contribution is -2.15. The first-order chi connectivity index (χ1) is 11.6. The van der Waals surface area contributed by atoms with Crippen molar-refractivity contribution in [2.24, 2.45) is 0 Å². The minimum atomic E-state index is -0.0517. The predicted octanol–water partition coefficient (Wildman–Crippen LogP) is 4.16. The molecule has 0 aliphatic carbocycles. The van der Waals surface area contributed by atoms with E-state index in [0.29, 0.717) is 13.2 Å². The minimum Gasteiger partial charge on any atom is -0.494 e. The molecule has 4 heteroatoms. The highest BCUT2D eigenvalue weighted by atomic mass is 16.5. The first-order valence-corrected chi connectivity index (χ1v) is 8.16. The van der Waals surface area contributed by atoms with E-state index in [1.165, 1.54) is 11.1 Å². The Morgan fingerprint density at radius 3 is 2.46 bits per heavy atom. The van der Waals surface area contributed by atoms with Gasteiger partial charge in [0.1, 0.15) is 5.75 Å². The fraction of sp³-hybridized carbons (Fsp3) is 0.250. The molecule has 0 unspecified atom stereocenters. The highest BCUT2D eigenvalue weighted by molar-refractivity contribution is 5.80. The number of aromatic nitrogens is 1. The van der Waals surface area contributed by atoms with Crippen LogP contribution in [0.15, 0.2) is 47.3 Å². The zero-order valence-corrected chi connectivity index (χ0v) is 14.3. The highest BCUT2D eigenvalue weighted by Crippen LogP contribution is 2.19. The molecule has 24 heavy (non-hydrogen) atoms. The smallest absolute Gasteiger partial charge is 0.253 e. The number of hydrogen-bond donors (Lipinski definition) is 2. The minimum absolute atomic E-state index is 0.0517. The summed E-state index contributed by atoms with van der Waals surface area (Å²) in [7, 11) is 0. The highest BCUT2D eigenvalue weighted by Gasteiger charge is 2.05. The third-order valence-electron chi connectivity index (χ3n) is 4.18. The van der Waals surface area contributed by atoms with Crippen molar-refractivity contribution in [1.29, 1.82) is 0 Å². The molecule has 2 aromatic carbocycles. The summed E-state index contributed by atoms with van der Waals surface area (Å²) in [4.78, 5) is 15.2. The van der Waals surface area contributed by atoms with E-state index in [1.54, 1.807) is 0 Å². The summed E-state index contributed by atoms with van der Waals surface area (Å²) in [6, 6.07) is 13.8. The Hall–Kier alpha value is -2.75. The Bertz CT molecular complexity index is 911. The van der Waals surface area contributed by atoms with E-state index >= 15 is 0 Å². The molecular weight excluding hydrogens is 300 g/mol. The van der Waals surface area contributed by atoms with Crippen LogP contribution in [0.4, 0.5) is 5.69 Å². The van der Waals surface area contributed by atoms with Gasteiger partial charge in [0, 0.05) is 23.3 Å². The van der Waals surface area contributed by atoms with E-state index in [1.807, 2.05) is 43.3 Å². The Balaban J connectivity index is 1.80. The van der Waals surface area contributed by atoms with Gasteiger partial charge in [-0.2, -0.15) is 0 Å². The van der Waals surface area contributed by atoms with Crippen LogP contribution in [-0.4, -0.2) is 11.6 Å². The van der Waals surface area contributed by atoms with Gasteiger partial charge in [-0.05, 0) is 79.7 Å². The van der Waals surface area contributed by atoms with Gasteiger partial charge in [0.25, 0.3) is 5.56 Å². The molecule has 0 amide bonds. The summed E-state index contributed by atoms with van der Waals surface area (Å²) in [6.07, 6.45) is 0. The number of pyridine rings is 1. The molecular formula is C20H22N2O2. The van der Waals surface area contributed by atoms with Crippen molar-refractivity contribution in [3.63, 3.8) is 0 Å². The number of aryl methyl sites for hydroxylation is 2. The van der Waals surface area contributed by atoms with Crippen LogP contribution in [0, 0.1) is 13.8 Å². The van der Waals surface area contributed by atoms with Gasteiger partial charge in [0.05, 0.1) is 6.61 Å². The van der Waals surface area contributed by atoms with Gasteiger partial charge < -0.3 is 15.0 Å².